The van der Waals surface area contributed by atoms with Gasteiger partial charge in [0.15, 0.2) is 0 Å². The van der Waals surface area contributed by atoms with Crippen LogP contribution >= 0.6 is 0 Å². The van der Waals surface area contributed by atoms with Crippen molar-refractivity contribution in [1.82, 2.24) is 5.32 Å². The number of rotatable bonds is 3. The maximum absolute atomic E-state index is 11.7. The Kier molecular flexibility index (Phi) is 5.60. The van der Waals surface area contributed by atoms with Crippen LogP contribution in [-0.4, -0.2) is 35.9 Å². The third-order valence-corrected chi connectivity index (χ3v) is 1.62. The largest absolute Gasteiger partial charge is 0.458 e. The highest BCUT2D eigenvalue weighted by molar-refractivity contribution is 5.81. The molecule has 0 spiro atoms. The molecular weight excluding hydrogens is 236 g/mol. The van der Waals surface area contributed by atoms with Gasteiger partial charge < -0.3 is 20.5 Å². The van der Waals surface area contributed by atoms with Crippen LogP contribution in [0, 0.1) is 0 Å². The molecule has 6 heteroatoms. The van der Waals surface area contributed by atoms with E-state index in [4.69, 9.17) is 15.2 Å². The number of hydrogen-bond acceptors (Lipinski definition) is 5. The van der Waals surface area contributed by atoms with Gasteiger partial charge in [0, 0.05) is 6.54 Å². The van der Waals surface area contributed by atoms with Gasteiger partial charge in [0.1, 0.15) is 17.2 Å². The minimum atomic E-state index is -0.904. The zero-order valence-corrected chi connectivity index (χ0v) is 12.0. The van der Waals surface area contributed by atoms with E-state index in [1.54, 1.807) is 41.5 Å². The van der Waals surface area contributed by atoms with Crippen LogP contribution < -0.4 is 11.1 Å². The van der Waals surface area contributed by atoms with Gasteiger partial charge in [0.2, 0.25) is 0 Å². The van der Waals surface area contributed by atoms with Crippen molar-refractivity contribution in [1.29, 1.82) is 0 Å². The van der Waals surface area contributed by atoms with Crippen molar-refractivity contribution in [2.24, 2.45) is 5.73 Å². The Morgan fingerprint density at radius 3 is 1.83 bits per heavy atom. The van der Waals surface area contributed by atoms with Gasteiger partial charge in [-0.25, -0.2) is 9.59 Å². The monoisotopic (exact) mass is 260 g/mol. The number of ether oxygens (including phenoxy) is 2. The Morgan fingerprint density at radius 1 is 1.06 bits per heavy atom. The van der Waals surface area contributed by atoms with Gasteiger partial charge in [-0.15, -0.1) is 0 Å². The molecule has 0 aliphatic rings. The van der Waals surface area contributed by atoms with Crippen LogP contribution in [0.3, 0.4) is 0 Å². The summed E-state index contributed by atoms with van der Waals surface area (Å²) in [5.41, 5.74) is 4.18. The van der Waals surface area contributed by atoms with Crippen molar-refractivity contribution in [3.63, 3.8) is 0 Å². The maximum Gasteiger partial charge on any atom is 0.408 e. The van der Waals surface area contributed by atoms with E-state index in [0.29, 0.717) is 0 Å². The van der Waals surface area contributed by atoms with Gasteiger partial charge in [-0.2, -0.15) is 0 Å². The molecule has 0 unspecified atom stereocenters. The number of hydrogen-bond donors (Lipinski definition) is 2. The summed E-state index contributed by atoms with van der Waals surface area (Å²) in [6.45, 7) is 10.4. The fraction of sp³-hybridized carbons (Fsp3) is 0.833. The van der Waals surface area contributed by atoms with Crippen LogP contribution in [0.5, 0.6) is 0 Å². The molecule has 0 saturated carbocycles. The molecule has 6 nitrogen and oxygen atoms in total. The van der Waals surface area contributed by atoms with Crippen LogP contribution in [0.2, 0.25) is 0 Å². The van der Waals surface area contributed by atoms with Crippen LogP contribution in [0.4, 0.5) is 4.79 Å². The lowest BCUT2D eigenvalue weighted by molar-refractivity contribution is -0.157. The van der Waals surface area contributed by atoms with E-state index < -0.39 is 29.3 Å². The zero-order chi connectivity index (χ0) is 14.6. The predicted molar refractivity (Wildman–Crippen MR) is 68.1 cm³/mol. The summed E-state index contributed by atoms with van der Waals surface area (Å²) in [5.74, 6) is -0.573. The van der Waals surface area contributed by atoms with E-state index in [0.717, 1.165) is 0 Å². The average Bonchev–Trinajstić information content (AvgIpc) is 2.07. The normalized spacial score (nSPS) is 13.7. The van der Waals surface area contributed by atoms with Crippen molar-refractivity contribution >= 4 is 12.1 Å². The number of nitrogens with one attached hydrogen (secondary N) is 1. The number of carbonyl (C=O) groups excluding carboxylic acids is 2. The molecule has 0 bridgehead atoms. The third-order valence-electron chi connectivity index (χ3n) is 1.62. The van der Waals surface area contributed by atoms with Gasteiger partial charge in [0.25, 0.3) is 0 Å². The van der Waals surface area contributed by atoms with Crippen molar-refractivity contribution < 1.29 is 19.1 Å². The number of nitrogens with two attached hydrogens (primary N) is 1. The molecule has 3 N–H and O–H groups in total. The standard InChI is InChI=1S/C12H24N2O4/c1-11(2,3)17-9(15)8(7-13)14-10(16)18-12(4,5)6/h8H,7,13H2,1-6H3,(H,14,16)/t8-/m0/s1. The summed E-state index contributed by atoms with van der Waals surface area (Å²) in [5, 5.41) is 2.38. The molecular formula is C12H24N2O4. The molecule has 0 rings (SSSR count). The maximum atomic E-state index is 11.7. The van der Waals surface area contributed by atoms with Crippen molar-refractivity contribution in [2.45, 2.75) is 58.8 Å². The highest BCUT2D eigenvalue weighted by Gasteiger charge is 2.27. The summed E-state index contributed by atoms with van der Waals surface area (Å²) in [4.78, 5) is 23.2. The number of amides is 1. The fourth-order valence-electron chi connectivity index (χ4n) is 1.04. The lowest BCUT2D eigenvalue weighted by atomic mass is 10.2. The van der Waals surface area contributed by atoms with Gasteiger partial charge >= 0.3 is 12.1 Å². The number of esters is 1. The molecule has 0 aromatic rings. The van der Waals surface area contributed by atoms with Gasteiger partial charge in [-0.3, -0.25) is 0 Å². The van der Waals surface area contributed by atoms with Crippen LogP contribution in [0.1, 0.15) is 41.5 Å². The third kappa shape index (κ3) is 7.89. The van der Waals surface area contributed by atoms with Crippen LogP contribution in [-0.2, 0) is 14.3 Å². The minimum Gasteiger partial charge on any atom is -0.458 e. The number of alkyl carbamates (subject to hydrolysis) is 1. The lowest BCUT2D eigenvalue weighted by Gasteiger charge is -2.25. The average molecular weight is 260 g/mol. The molecule has 0 radical (unpaired) electrons. The molecule has 0 fully saturated rings. The molecule has 0 aliphatic heterocycles. The minimum absolute atomic E-state index is 0.0475. The van der Waals surface area contributed by atoms with Crippen molar-refractivity contribution in [3.05, 3.63) is 0 Å². The summed E-state index contributed by atoms with van der Waals surface area (Å²) in [7, 11) is 0. The van der Waals surface area contributed by atoms with Crippen LogP contribution in [0.15, 0.2) is 0 Å². The smallest absolute Gasteiger partial charge is 0.408 e. The first-order valence-corrected chi connectivity index (χ1v) is 5.87. The molecule has 0 aromatic carbocycles. The summed E-state index contributed by atoms with van der Waals surface area (Å²) < 4.78 is 10.2. The molecule has 1 atom stereocenters. The Morgan fingerprint density at radius 2 is 1.50 bits per heavy atom. The van der Waals surface area contributed by atoms with Gasteiger partial charge in [0.05, 0.1) is 0 Å². The second kappa shape index (κ2) is 6.04. The summed E-state index contributed by atoms with van der Waals surface area (Å²) in [6.07, 6.45) is -0.691. The second-order valence-corrected chi connectivity index (χ2v) is 5.97. The van der Waals surface area contributed by atoms with Crippen LogP contribution in [0.25, 0.3) is 0 Å². The zero-order valence-electron chi connectivity index (χ0n) is 12.0. The topological polar surface area (TPSA) is 90.6 Å². The molecule has 18 heavy (non-hydrogen) atoms. The fourth-order valence-corrected chi connectivity index (χ4v) is 1.04. The molecule has 1 amide bonds. The van der Waals surface area contributed by atoms with E-state index in [-0.39, 0.29) is 6.54 Å². The van der Waals surface area contributed by atoms with Gasteiger partial charge in [-0.1, -0.05) is 0 Å². The Balaban J connectivity index is 4.44. The molecule has 0 saturated heterocycles. The quantitative estimate of drug-likeness (QED) is 0.744. The number of carbonyl (C=O) groups is 2. The van der Waals surface area contributed by atoms with E-state index in [9.17, 15) is 9.59 Å². The lowest BCUT2D eigenvalue weighted by Crippen LogP contribution is -2.49. The van der Waals surface area contributed by atoms with E-state index >= 15 is 0 Å². The van der Waals surface area contributed by atoms with E-state index in [2.05, 4.69) is 5.32 Å². The first-order chi connectivity index (χ1) is 7.94. The summed E-state index contributed by atoms with van der Waals surface area (Å²) in [6, 6.07) is -0.904. The molecule has 0 aliphatic carbocycles. The van der Waals surface area contributed by atoms with E-state index in [1.807, 2.05) is 0 Å². The highest BCUT2D eigenvalue weighted by atomic mass is 16.6. The van der Waals surface area contributed by atoms with Crippen molar-refractivity contribution in [2.75, 3.05) is 6.54 Å². The van der Waals surface area contributed by atoms with Gasteiger partial charge in [-0.05, 0) is 41.5 Å². The second-order valence-electron chi connectivity index (χ2n) is 5.97. The molecule has 0 heterocycles. The Labute approximate surface area is 108 Å². The SMILES string of the molecule is CC(C)(C)OC(=O)N[C@@H](CN)C(=O)OC(C)(C)C. The first-order valence-electron chi connectivity index (χ1n) is 5.87. The van der Waals surface area contributed by atoms with E-state index in [1.165, 1.54) is 0 Å². The molecule has 106 valence electrons. The first kappa shape index (κ1) is 16.7. The Hall–Kier alpha value is -1.30. The van der Waals surface area contributed by atoms with Crippen molar-refractivity contribution in [3.8, 4) is 0 Å². The Bertz CT molecular complexity index is 302. The predicted octanol–water partition coefficient (Wildman–Crippen LogP) is 1.18. The summed E-state index contributed by atoms with van der Waals surface area (Å²) >= 11 is 0. The highest BCUT2D eigenvalue weighted by Crippen LogP contribution is 2.09. The molecule has 0 aromatic heterocycles.